The van der Waals surface area contributed by atoms with Crippen molar-refractivity contribution in [2.24, 2.45) is 5.10 Å². The lowest BCUT2D eigenvalue weighted by molar-refractivity contribution is 0.340. The van der Waals surface area contributed by atoms with E-state index in [4.69, 9.17) is 9.84 Å². The Morgan fingerprint density at radius 3 is 2.19 bits per heavy atom. The molecule has 1 aliphatic heterocycles. The number of benzene rings is 3. The Kier molecular flexibility index (Phi) is 4.69. The van der Waals surface area contributed by atoms with Crippen molar-refractivity contribution in [2.75, 3.05) is 11.6 Å². The quantitative estimate of drug-likeness (QED) is 0.616. The molecule has 0 aliphatic carbocycles. The van der Waals surface area contributed by atoms with Gasteiger partial charge in [-0.05, 0) is 42.3 Å². The first-order valence-electron chi connectivity index (χ1n) is 9.05. The van der Waals surface area contributed by atoms with Crippen LogP contribution in [0.4, 0.5) is 5.69 Å². The van der Waals surface area contributed by atoms with Gasteiger partial charge in [0, 0.05) is 6.42 Å². The molecule has 3 heteroatoms. The van der Waals surface area contributed by atoms with Crippen LogP contribution < -0.4 is 9.75 Å². The zero-order chi connectivity index (χ0) is 17.8. The van der Waals surface area contributed by atoms with Crippen molar-refractivity contribution in [1.29, 1.82) is 0 Å². The minimum Gasteiger partial charge on any atom is -0.494 e. The van der Waals surface area contributed by atoms with Gasteiger partial charge < -0.3 is 4.74 Å². The average Bonchev–Trinajstić information content (AvgIpc) is 3.16. The molecule has 1 aliphatic rings. The van der Waals surface area contributed by atoms with Crippen molar-refractivity contribution < 1.29 is 4.74 Å². The van der Waals surface area contributed by atoms with Crippen molar-refractivity contribution >= 4 is 11.4 Å². The summed E-state index contributed by atoms with van der Waals surface area (Å²) < 4.78 is 5.57. The van der Waals surface area contributed by atoms with Gasteiger partial charge in [0.2, 0.25) is 0 Å². The lowest BCUT2D eigenvalue weighted by Gasteiger charge is -2.24. The third-order valence-corrected chi connectivity index (χ3v) is 4.61. The molecule has 0 fully saturated rings. The molecule has 0 N–H and O–H groups in total. The summed E-state index contributed by atoms with van der Waals surface area (Å²) in [6.45, 7) is 2.67. The molecule has 3 aromatic rings. The number of hydrogen-bond acceptors (Lipinski definition) is 3. The Hall–Kier alpha value is -3.07. The van der Waals surface area contributed by atoms with Gasteiger partial charge in [-0.15, -0.1) is 0 Å². The molecule has 0 saturated carbocycles. The van der Waals surface area contributed by atoms with Crippen molar-refractivity contribution in [3.05, 3.63) is 96.1 Å². The summed E-state index contributed by atoms with van der Waals surface area (Å²) in [5.74, 6) is 0.888. The van der Waals surface area contributed by atoms with Crippen molar-refractivity contribution in [1.82, 2.24) is 0 Å². The second kappa shape index (κ2) is 7.44. The van der Waals surface area contributed by atoms with E-state index in [-0.39, 0.29) is 6.04 Å². The van der Waals surface area contributed by atoms with Crippen LogP contribution in [0.2, 0.25) is 0 Å². The van der Waals surface area contributed by atoms with Crippen LogP contribution >= 0.6 is 0 Å². The second-order valence-electron chi connectivity index (χ2n) is 6.31. The normalized spacial score (nSPS) is 16.4. The van der Waals surface area contributed by atoms with Gasteiger partial charge in [0.1, 0.15) is 5.75 Å². The maximum Gasteiger partial charge on any atom is 0.119 e. The molecular weight excluding hydrogens is 320 g/mol. The smallest absolute Gasteiger partial charge is 0.119 e. The van der Waals surface area contributed by atoms with E-state index in [2.05, 4.69) is 71.7 Å². The number of ether oxygens (including phenoxy) is 1. The van der Waals surface area contributed by atoms with E-state index >= 15 is 0 Å². The Morgan fingerprint density at radius 2 is 1.54 bits per heavy atom. The molecule has 1 atom stereocenters. The van der Waals surface area contributed by atoms with Gasteiger partial charge in [-0.2, -0.15) is 5.10 Å². The van der Waals surface area contributed by atoms with E-state index in [1.54, 1.807) is 0 Å². The molecule has 0 radical (unpaired) electrons. The molecule has 1 unspecified atom stereocenters. The largest absolute Gasteiger partial charge is 0.494 e. The highest BCUT2D eigenvalue weighted by Gasteiger charge is 2.29. The van der Waals surface area contributed by atoms with Crippen molar-refractivity contribution in [3.63, 3.8) is 0 Å². The zero-order valence-corrected chi connectivity index (χ0v) is 14.9. The monoisotopic (exact) mass is 342 g/mol. The number of anilines is 1. The molecular formula is C23H22N2O. The van der Waals surface area contributed by atoms with Crippen LogP contribution in [0.3, 0.4) is 0 Å². The van der Waals surface area contributed by atoms with Crippen LogP contribution in [0.1, 0.15) is 30.5 Å². The van der Waals surface area contributed by atoms with E-state index in [9.17, 15) is 0 Å². The summed E-state index contributed by atoms with van der Waals surface area (Å²) in [6.07, 6.45) is 0.890. The third kappa shape index (κ3) is 3.33. The molecule has 26 heavy (non-hydrogen) atoms. The molecule has 3 aromatic carbocycles. The van der Waals surface area contributed by atoms with E-state index in [1.807, 2.05) is 25.1 Å². The van der Waals surface area contributed by atoms with Crippen molar-refractivity contribution in [2.45, 2.75) is 19.4 Å². The fourth-order valence-corrected chi connectivity index (χ4v) is 3.35. The highest BCUT2D eigenvalue weighted by molar-refractivity contribution is 6.03. The zero-order valence-electron chi connectivity index (χ0n) is 14.9. The van der Waals surface area contributed by atoms with Gasteiger partial charge in [0.25, 0.3) is 0 Å². The Bertz CT molecular complexity index is 873. The summed E-state index contributed by atoms with van der Waals surface area (Å²) in [4.78, 5) is 0. The summed E-state index contributed by atoms with van der Waals surface area (Å²) in [5, 5.41) is 7.10. The Balaban J connectivity index is 1.70. The number of hydrogen-bond donors (Lipinski definition) is 0. The van der Waals surface area contributed by atoms with Crippen LogP contribution in [-0.4, -0.2) is 12.3 Å². The van der Waals surface area contributed by atoms with E-state index in [1.165, 1.54) is 11.1 Å². The summed E-state index contributed by atoms with van der Waals surface area (Å²) in [7, 11) is 0. The first-order chi connectivity index (χ1) is 12.8. The van der Waals surface area contributed by atoms with Gasteiger partial charge in [-0.25, -0.2) is 0 Å². The third-order valence-electron chi connectivity index (χ3n) is 4.61. The minimum atomic E-state index is 0.198. The van der Waals surface area contributed by atoms with Crippen molar-refractivity contribution in [3.8, 4) is 5.75 Å². The predicted octanol–water partition coefficient (Wildman–Crippen LogP) is 5.44. The standard InChI is InChI=1S/C23H22N2O/c1-2-26-21-15-13-20(14-16-21)25-23(19-11-7-4-8-12-19)17-22(24-25)18-9-5-3-6-10-18/h3-16,23H,2,17H2,1H3. The number of rotatable bonds is 5. The lowest BCUT2D eigenvalue weighted by Crippen LogP contribution is -2.18. The minimum absolute atomic E-state index is 0.198. The molecule has 4 rings (SSSR count). The maximum atomic E-state index is 5.57. The molecule has 0 saturated heterocycles. The Labute approximate surface area is 154 Å². The van der Waals surface area contributed by atoms with E-state index < -0.39 is 0 Å². The molecule has 0 aromatic heterocycles. The Morgan fingerprint density at radius 1 is 0.885 bits per heavy atom. The summed E-state index contributed by atoms with van der Waals surface area (Å²) in [5.41, 5.74) is 4.65. The molecule has 3 nitrogen and oxygen atoms in total. The summed E-state index contributed by atoms with van der Waals surface area (Å²) in [6, 6.07) is 29.4. The van der Waals surface area contributed by atoms with Crippen LogP contribution in [0.25, 0.3) is 0 Å². The van der Waals surface area contributed by atoms with E-state index in [0.717, 1.165) is 23.6 Å². The number of nitrogens with zero attached hydrogens (tertiary/aromatic N) is 2. The highest BCUT2D eigenvalue weighted by Crippen LogP contribution is 2.37. The lowest BCUT2D eigenvalue weighted by atomic mass is 9.98. The van der Waals surface area contributed by atoms with Gasteiger partial charge in [-0.1, -0.05) is 60.7 Å². The average molecular weight is 342 g/mol. The second-order valence-corrected chi connectivity index (χ2v) is 6.31. The molecule has 0 bridgehead atoms. The van der Waals surface area contributed by atoms with Crippen LogP contribution in [0, 0.1) is 0 Å². The molecule has 130 valence electrons. The van der Waals surface area contributed by atoms with Crippen LogP contribution in [0.15, 0.2) is 90.0 Å². The van der Waals surface area contributed by atoms with Gasteiger partial charge >= 0.3 is 0 Å². The van der Waals surface area contributed by atoms with Crippen LogP contribution in [-0.2, 0) is 0 Å². The SMILES string of the molecule is CCOc1ccc(N2N=C(c3ccccc3)CC2c2ccccc2)cc1. The van der Waals surface area contributed by atoms with Gasteiger partial charge in [-0.3, -0.25) is 5.01 Å². The maximum absolute atomic E-state index is 5.57. The molecule has 0 amide bonds. The number of hydrazone groups is 1. The fourth-order valence-electron chi connectivity index (χ4n) is 3.35. The fraction of sp³-hybridized carbons (Fsp3) is 0.174. The van der Waals surface area contributed by atoms with Crippen LogP contribution in [0.5, 0.6) is 5.75 Å². The highest BCUT2D eigenvalue weighted by atomic mass is 16.5. The first kappa shape index (κ1) is 16.4. The molecule has 1 heterocycles. The summed E-state index contributed by atoms with van der Waals surface area (Å²) >= 11 is 0. The van der Waals surface area contributed by atoms with E-state index in [0.29, 0.717) is 6.61 Å². The van der Waals surface area contributed by atoms with Gasteiger partial charge in [0.05, 0.1) is 24.0 Å². The molecule has 0 spiro atoms. The predicted molar refractivity (Wildman–Crippen MR) is 107 cm³/mol. The topological polar surface area (TPSA) is 24.8 Å². The van der Waals surface area contributed by atoms with Gasteiger partial charge in [0.15, 0.2) is 0 Å². The first-order valence-corrected chi connectivity index (χ1v) is 9.05.